The van der Waals surface area contributed by atoms with Gasteiger partial charge in [0.15, 0.2) is 0 Å². The van der Waals surface area contributed by atoms with E-state index >= 15 is 0 Å². The van der Waals surface area contributed by atoms with Gasteiger partial charge in [0.25, 0.3) is 0 Å². The second kappa shape index (κ2) is 6.00. The Kier molecular flexibility index (Phi) is 3.92. The molecule has 94 valence electrons. The normalized spacial score (nSPS) is 9.05. The Hall–Kier alpha value is -3.36. The number of anilines is 1. The average Bonchev–Trinajstić information content (AvgIpc) is 2.52. The number of nitrogens with one attached hydrogen (secondary N) is 1. The largest absolute Gasteiger partial charge is 0.381 e. The first-order valence-corrected chi connectivity index (χ1v) is 5.80. The van der Waals surface area contributed by atoms with E-state index in [0.717, 1.165) is 5.56 Å². The molecule has 0 fully saturated rings. The zero-order chi connectivity index (χ0) is 14.4. The lowest BCUT2D eigenvalue weighted by Crippen LogP contribution is -2.03. The molecule has 0 radical (unpaired) electrons. The molecule has 5 nitrogen and oxygen atoms in total. The maximum Gasteiger partial charge on any atom is 0.145 e. The van der Waals surface area contributed by atoms with Crippen LogP contribution in [0.4, 0.5) is 5.69 Å². The summed E-state index contributed by atoms with van der Waals surface area (Å²) in [6.45, 7) is 0.424. The highest BCUT2D eigenvalue weighted by Gasteiger charge is 2.05. The summed E-state index contributed by atoms with van der Waals surface area (Å²) in [7, 11) is 0. The molecule has 0 amide bonds. The van der Waals surface area contributed by atoms with Crippen molar-refractivity contribution in [3.63, 3.8) is 0 Å². The van der Waals surface area contributed by atoms with Gasteiger partial charge >= 0.3 is 0 Å². The van der Waals surface area contributed by atoms with E-state index in [-0.39, 0.29) is 0 Å². The fourth-order valence-corrected chi connectivity index (χ4v) is 1.72. The Bertz CT molecular complexity index is 759. The summed E-state index contributed by atoms with van der Waals surface area (Å²) in [4.78, 5) is 3.97. The third kappa shape index (κ3) is 2.72. The summed E-state index contributed by atoms with van der Waals surface area (Å²) in [5, 5.41) is 29.9. The van der Waals surface area contributed by atoms with Crippen LogP contribution in [0.15, 0.2) is 36.5 Å². The topological polar surface area (TPSA) is 96.3 Å². The van der Waals surface area contributed by atoms with Crippen molar-refractivity contribution in [2.75, 3.05) is 5.32 Å². The van der Waals surface area contributed by atoms with Crippen LogP contribution in [0.3, 0.4) is 0 Å². The van der Waals surface area contributed by atoms with E-state index in [1.807, 2.05) is 24.3 Å². The molecule has 0 saturated carbocycles. The molecule has 0 unspecified atom stereocenters. The van der Waals surface area contributed by atoms with E-state index in [1.54, 1.807) is 30.5 Å². The number of benzene rings is 1. The van der Waals surface area contributed by atoms with Crippen LogP contribution in [0.25, 0.3) is 0 Å². The molecule has 0 saturated heterocycles. The Labute approximate surface area is 116 Å². The van der Waals surface area contributed by atoms with Gasteiger partial charge in [-0.1, -0.05) is 6.07 Å². The first-order valence-electron chi connectivity index (χ1n) is 5.80. The van der Waals surface area contributed by atoms with Crippen molar-refractivity contribution in [2.24, 2.45) is 0 Å². The van der Waals surface area contributed by atoms with Gasteiger partial charge < -0.3 is 5.32 Å². The smallest absolute Gasteiger partial charge is 0.145 e. The van der Waals surface area contributed by atoms with Crippen molar-refractivity contribution in [1.82, 2.24) is 4.98 Å². The van der Waals surface area contributed by atoms with Crippen molar-refractivity contribution < 1.29 is 0 Å². The van der Waals surface area contributed by atoms with E-state index in [4.69, 9.17) is 15.8 Å². The van der Waals surface area contributed by atoms with Crippen LogP contribution in [0.2, 0.25) is 0 Å². The fourth-order valence-electron chi connectivity index (χ4n) is 1.72. The van der Waals surface area contributed by atoms with Crippen LogP contribution in [0, 0.1) is 34.0 Å². The van der Waals surface area contributed by atoms with Crippen molar-refractivity contribution in [1.29, 1.82) is 15.8 Å². The predicted molar refractivity (Wildman–Crippen MR) is 72.2 cm³/mol. The van der Waals surface area contributed by atoms with E-state index < -0.39 is 0 Å². The average molecular weight is 259 g/mol. The van der Waals surface area contributed by atoms with E-state index in [9.17, 15) is 0 Å². The summed E-state index contributed by atoms with van der Waals surface area (Å²) < 4.78 is 0. The summed E-state index contributed by atoms with van der Waals surface area (Å²) in [6.07, 6.45) is 1.57. The number of hydrogen-bond acceptors (Lipinski definition) is 5. The van der Waals surface area contributed by atoms with Gasteiger partial charge in [-0.15, -0.1) is 0 Å². The molecule has 5 heteroatoms. The Morgan fingerprint density at radius 2 is 1.80 bits per heavy atom. The maximum atomic E-state index is 8.96. The number of nitriles is 3. The third-order valence-electron chi connectivity index (χ3n) is 2.74. The first-order chi connectivity index (χ1) is 9.78. The second-order valence-electron chi connectivity index (χ2n) is 3.96. The standard InChI is InChI=1S/C15H9N5/c16-7-11-3-4-14(6-13(11)8-17)20-10-12-2-1-5-19-15(12)9-18/h1-6,20H,10H2. The molecule has 0 aliphatic heterocycles. The molecule has 1 aromatic carbocycles. The molecule has 0 atom stereocenters. The molecule has 2 rings (SSSR count). The number of nitrogens with zero attached hydrogens (tertiary/aromatic N) is 4. The lowest BCUT2D eigenvalue weighted by molar-refractivity contribution is 1.09. The highest BCUT2D eigenvalue weighted by molar-refractivity contribution is 5.56. The van der Waals surface area contributed by atoms with Crippen LogP contribution in [-0.4, -0.2) is 4.98 Å². The molecule has 1 N–H and O–H groups in total. The van der Waals surface area contributed by atoms with E-state index in [1.165, 1.54) is 0 Å². The van der Waals surface area contributed by atoms with Crippen LogP contribution < -0.4 is 5.32 Å². The van der Waals surface area contributed by atoms with Gasteiger partial charge in [-0.05, 0) is 24.3 Å². The monoisotopic (exact) mass is 259 g/mol. The number of pyridine rings is 1. The van der Waals surface area contributed by atoms with Crippen molar-refractivity contribution in [2.45, 2.75) is 6.54 Å². The molecule has 20 heavy (non-hydrogen) atoms. The minimum Gasteiger partial charge on any atom is -0.381 e. The summed E-state index contributed by atoms with van der Waals surface area (Å²) >= 11 is 0. The zero-order valence-electron chi connectivity index (χ0n) is 10.5. The molecular formula is C15H9N5. The molecule has 1 heterocycles. The molecule has 2 aromatic rings. The van der Waals surface area contributed by atoms with E-state index in [2.05, 4.69) is 10.3 Å². The Morgan fingerprint density at radius 3 is 2.50 bits per heavy atom. The molecule has 0 aliphatic carbocycles. The van der Waals surface area contributed by atoms with Gasteiger partial charge in [0.2, 0.25) is 0 Å². The molecule has 0 bridgehead atoms. The first kappa shape index (κ1) is 13.1. The zero-order valence-corrected chi connectivity index (χ0v) is 10.5. The van der Waals surface area contributed by atoms with Crippen LogP contribution >= 0.6 is 0 Å². The van der Waals surface area contributed by atoms with Crippen molar-refractivity contribution in [3.05, 3.63) is 58.9 Å². The highest BCUT2D eigenvalue weighted by atomic mass is 14.9. The summed E-state index contributed by atoms with van der Waals surface area (Å²) in [5.74, 6) is 0. The van der Waals surface area contributed by atoms with Crippen LogP contribution in [0.5, 0.6) is 0 Å². The SMILES string of the molecule is N#Cc1ccc(NCc2cccnc2C#N)cc1C#N. The van der Waals surface area contributed by atoms with E-state index in [0.29, 0.717) is 29.1 Å². The van der Waals surface area contributed by atoms with Crippen LogP contribution in [-0.2, 0) is 6.54 Å². The number of hydrogen-bond donors (Lipinski definition) is 1. The van der Waals surface area contributed by atoms with Gasteiger partial charge in [-0.25, -0.2) is 4.98 Å². The van der Waals surface area contributed by atoms with Gasteiger partial charge in [0.1, 0.15) is 23.9 Å². The summed E-state index contributed by atoms with van der Waals surface area (Å²) in [5.41, 5.74) is 2.53. The lowest BCUT2D eigenvalue weighted by Gasteiger charge is -2.08. The molecule has 0 aliphatic rings. The summed E-state index contributed by atoms with van der Waals surface area (Å²) in [6, 6.07) is 14.5. The van der Waals surface area contributed by atoms with Gasteiger partial charge in [-0.3, -0.25) is 0 Å². The van der Waals surface area contributed by atoms with Crippen molar-refractivity contribution >= 4 is 5.69 Å². The quantitative estimate of drug-likeness (QED) is 0.912. The third-order valence-corrected chi connectivity index (χ3v) is 2.74. The Balaban J connectivity index is 2.19. The van der Waals surface area contributed by atoms with Gasteiger partial charge in [0, 0.05) is 24.0 Å². The molecular weight excluding hydrogens is 250 g/mol. The fraction of sp³-hybridized carbons (Fsp3) is 0.0667. The van der Waals surface area contributed by atoms with Gasteiger partial charge in [-0.2, -0.15) is 15.8 Å². The molecule has 1 aromatic heterocycles. The number of aromatic nitrogens is 1. The lowest BCUT2D eigenvalue weighted by atomic mass is 10.1. The van der Waals surface area contributed by atoms with Gasteiger partial charge in [0.05, 0.1) is 11.1 Å². The van der Waals surface area contributed by atoms with Crippen molar-refractivity contribution in [3.8, 4) is 18.2 Å². The minimum atomic E-state index is 0.323. The number of rotatable bonds is 3. The highest BCUT2D eigenvalue weighted by Crippen LogP contribution is 2.16. The Morgan fingerprint density at radius 1 is 1.00 bits per heavy atom. The minimum absolute atomic E-state index is 0.323. The molecule has 0 spiro atoms. The second-order valence-corrected chi connectivity index (χ2v) is 3.96. The van der Waals surface area contributed by atoms with Crippen LogP contribution in [0.1, 0.15) is 22.4 Å². The maximum absolute atomic E-state index is 8.96. The predicted octanol–water partition coefficient (Wildman–Crippen LogP) is 2.31.